The molecule has 0 bridgehead atoms. The van der Waals surface area contributed by atoms with Gasteiger partial charge in [0, 0.05) is 12.3 Å². The first-order chi connectivity index (χ1) is 11.6. The summed E-state index contributed by atoms with van der Waals surface area (Å²) in [6, 6.07) is 0. The first kappa shape index (κ1) is 20.9. The number of esters is 2. The number of ether oxygens (including phenoxy) is 1. The van der Waals surface area contributed by atoms with Gasteiger partial charge in [0.2, 0.25) is 0 Å². The van der Waals surface area contributed by atoms with Crippen LogP contribution in [-0.4, -0.2) is 17.7 Å². The van der Waals surface area contributed by atoms with Crippen LogP contribution in [-0.2, 0) is 19.1 Å². The van der Waals surface area contributed by atoms with Crippen molar-refractivity contribution >= 4 is 17.7 Å². The second kappa shape index (κ2) is 12.2. The summed E-state index contributed by atoms with van der Waals surface area (Å²) >= 11 is 0. The highest BCUT2D eigenvalue weighted by atomic mass is 16.6. The van der Waals surface area contributed by atoms with Crippen LogP contribution in [0.2, 0.25) is 0 Å². The lowest BCUT2D eigenvalue weighted by Gasteiger charge is -2.19. The second-order valence-electron chi connectivity index (χ2n) is 7.04. The van der Waals surface area contributed by atoms with Crippen LogP contribution in [0.1, 0.15) is 97.3 Å². The molecule has 4 nitrogen and oxygen atoms in total. The van der Waals surface area contributed by atoms with Crippen molar-refractivity contribution in [2.24, 2.45) is 11.8 Å². The van der Waals surface area contributed by atoms with E-state index in [0.717, 1.165) is 38.5 Å². The van der Waals surface area contributed by atoms with Crippen LogP contribution in [0.25, 0.3) is 0 Å². The van der Waals surface area contributed by atoms with Crippen LogP contribution in [0, 0.1) is 11.8 Å². The molecule has 0 radical (unpaired) electrons. The van der Waals surface area contributed by atoms with Gasteiger partial charge in [0.15, 0.2) is 0 Å². The predicted octanol–water partition coefficient (Wildman–Crippen LogP) is 4.98. The third-order valence-electron chi connectivity index (χ3n) is 4.95. The number of hydrogen-bond donors (Lipinski definition) is 0. The van der Waals surface area contributed by atoms with Gasteiger partial charge in [-0.2, -0.15) is 0 Å². The summed E-state index contributed by atoms with van der Waals surface area (Å²) in [6.45, 7) is 4.33. The number of carbonyl (C=O) groups is 3. The van der Waals surface area contributed by atoms with Gasteiger partial charge in [-0.3, -0.25) is 14.4 Å². The SMILES string of the molecule is CCCCCCCCC(C(=O)CCCCCC)C1CC(=O)OC1=O. The number of Topliss-reactive ketones (excluding diaryl/α,β-unsaturated/α-hetero) is 1. The molecule has 0 amide bonds. The molecule has 4 heteroatoms. The summed E-state index contributed by atoms with van der Waals surface area (Å²) in [6.07, 6.45) is 12.5. The lowest BCUT2D eigenvalue weighted by molar-refractivity contribution is -0.154. The van der Waals surface area contributed by atoms with Crippen molar-refractivity contribution in [1.82, 2.24) is 0 Å². The first-order valence-corrected chi connectivity index (χ1v) is 9.87. The Balaban J connectivity index is 2.48. The van der Waals surface area contributed by atoms with Gasteiger partial charge < -0.3 is 4.74 Å². The molecule has 0 aromatic carbocycles. The van der Waals surface area contributed by atoms with Crippen molar-refractivity contribution in [2.45, 2.75) is 97.3 Å². The van der Waals surface area contributed by atoms with Crippen LogP contribution >= 0.6 is 0 Å². The topological polar surface area (TPSA) is 60.4 Å². The molecule has 0 aromatic heterocycles. The zero-order valence-corrected chi connectivity index (χ0v) is 15.5. The van der Waals surface area contributed by atoms with E-state index in [2.05, 4.69) is 18.6 Å². The zero-order chi connectivity index (χ0) is 17.8. The lowest BCUT2D eigenvalue weighted by Crippen LogP contribution is -2.27. The Morgan fingerprint density at radius 1 is 0.958 bits per heavy atom. The van der Waals surface area contributed by atoms with Gasteiger partial charge in [0.25, 0.3) is 0 Å². The van der Waals surface area contributed by atoms with Gasteiger partial charge in [-0.1, -0.05) is 71.6 Å². The molecule has 1 fully saturated rings. The number of carbonyl (C=O) groups excluding carboxylic acids is 3. The van der Waals surface area contributed by atoms with Crippen molar-refractivity contribution in [3.05, 3.63) is 0 Å². The van der Waals surface area contributed by atoms with Gasteiger partial charge in [-0.25, -0.2) is 0 Å². The van der Waals surface area contributed by atoms with E-state index < -0.39 is 17.9 Å². The summed E-state index contributed by atoms with van der Waals surface area (Å²) < 4.78 is 4.68. The van der Waals surface area contributed by atoms with Crippen LogP contribution < -0.4 is 0 Å². The molecule has 1 heterocycles. The zero-order valence-electron chi connectivity index (χ0n) is 15.5. The smallest absolute Gasteiger partial charge is 0.317 e. The highest BCUT2D eigenvalue weighted by Crippen LogP contribution is 2.31. The monoisotopic (exact) mass is 338 g/mol. The van der Waals surface area contributed by atoms with Gasteiger partial charge in [0.05, 0.1) is 12.3 Å². The minimum atomic E-state index is -0.535. The molecule has 2 unspecified atom stereocenters. The maximum atomic E-state index is 12.6. The maximum Gasteiger partial charge on any atom is 0.317 e. The first-order valence-electron chi connectivity index (χ1n) is 9.87. The molecular weight excluding hydrogens is 304 g/mol. The number of unbranched alkanes of at least 4 members (excludes halogenated alkanes) is 8. The Morgan fingerprint density at radius 2 is 1.54 bits per heavy atom. The van der Waals surface area contributed by atoms with E-state index in [1.54, 1.807) is 0 Å². The van der Waals surface area contributed by atoms with Crippen molar-refractivity contribution in [3.8, 4) is 0 Å². The summed E-state index contributed by atoms with van der Waals surface area (Å²) in [5, 5.41) is 0. The Kier molecular flexibility index (Phi) is 10.6. The number of rotatable bonds is 14. The Morgan fingerprint density at radius 3 is 2.12 bits per heavy atom. The van der Waals surface area contributed by atoms with Crippen LogP contribution in [0.4, 0.5) is 0 Å². The summed E-state index contributed by atoms with van der Waals surface area (Å²) in [5.74, 6) is -1.67. The Bertz CT molecular complexity index is 402. The lowest BCUT2D eigenvalue weighted by atomic mass is 9.81. The second-order valence-corrected chi connectivity index (χ2v) is 7.04. The normalized spacial score (nSPS) is 18.7. The van der Waals surface area contributed by atoms with Crippen molar-refractivity contribution in [1.29, 1.82) is 0 Å². The minimum Gasteiger partial charge on any atom is -0.393 e. The van der Waals surface area contributed by atoms with Crippen molar-refractivity contribution in [3.63, 3.8) is 0 Å². The summed E-state index contributed by atoms with van der Waals surface area (Å²) in [5.41, 5.74) is 0. The molecule has 0 N–H and O–H groups in total. The van der Waals surface area contributed by atoms with Crippen LogP contribution in [0.5, 0.6) is 0 Å². The number of ketones is 1. The minimum absolute atomic E-state index is 0.0834. The maximum absolute atomic E-state index is 12.6. The summed E-state index contributed by atoms with van der Waals surface area (Å²) in [7, 11) is 0. The van der Waals surface area contributed by atoms with Gasteiger partial charge >= 0.3 is 11.9 Å². The third kappa shape index (κ3) is 7.59. The van der Waals surface area contributed by atoms with E-state index in [-0.39, 0.29) is 18.1 Å². The molecule has 1 rings (SSSR count). The van der Waals surface area contributed by atoms with Crippen molar-refractivity contribution < 1.29 is 19.1 Å². The molecule has 0 saturated carbocycles. The molecule has 1 aliphatic rings. The summed E-state index contributed by atoms with van der Waals surface area (Å²) in [4.78, 5) is 35.9. The van der Waals surface area contributed by atoms with Gasteiger partial charge in [-0.05, 0) is 12.8 Å². The molecule has 1 saturated heterocycles. The Hall–Kier alpha value is -1.19. The van der Waals surface area contributed by atoms with E-state index in [0.29, 0.717) is 12.8 Å². The quantitative estimate of drug-likeness (QED) is 0.254. The van der Waals surface area contributed by atoms with Crippen LogP contribution in [0.15, 0.2) is 0 Å². The molecular formula is C20H34O4. The van der Waals surface area contributed by atoms with Crippen molar-refractivity contribution in [2.75, 3.05) is 0 Å². The van der Waals surface area contributed by atoms with E-state index in [4.69, 9.17) is 0 Å². The molecule has 24 heavy (non-hydrogen) atoms. The predicted molar refractivity (Wildman–Crippen MR) is 94.5 cm³/mol. The number of cyclic esters (lactones) is 2. The molecule has 138 valence electrons. The third-order valence-corrected chi connectivity index (χ3v) is 4.95. The fourth-order valence-corrected chi connectivity index (χ4v) is 3.44. The standard InChI is InChI=1S/C20H34O4/c1-3-5-7-9-10-11-13-16(17-15-19(22)24-20(17)23)18(21)14-12-8-6-4-2/h16-17H,3-15H2,1-2H3. The Labute approximate surface area is 146 Å². The van der Waals surface area contributed by atoms with E-state index >= 15 is 0 Å². The highest BCUT2D eigenvalue weighted by Gasteiger charge is 2.41. The highest BCUT2D eigenvalue weighted by molar-refractivity contribution is 5.98. The van der Waals surface area contributed by atoms with Gasteiger partial charge in [-0.15, -0.1) is 0 Å². The van der Waals surface area contributed by atoms with Crippen LogP contribution in [0.3, 0.4) is 0 Å². The molecule has 2 atom stereocenters. The van der Waals surface area contributed by atoms with E-state index in [9.17, 15) is 14.4 Å². The molecule has 0 aromatic rings. The molecule has 0 aliphatic carbocycles. The largest absolute Gasteiger partial charge is 0.393 e. The fraction of sp³-hybridized carbons (Fsp3) is 0.850. The molecule has 1 aliphatic heterocycles. The average Bonchev–Trinajstić information content (AvgIpc) is 2.89. The van der Waals surface area contributed by atoms with Gasteiger partial charge in [0.1, 0.15) is 5.78 Å². The van der Waals surface area contributed by atoms with E-state index in [1.165, 1.54) is 25.7 Å². The fourth-order valence-electron chi connectivity index (χ4n) is 3.44. The average molecular weight is 338 g/mol. The van der Waals surface area contributed by atoms with E-state index in [1.807, 2.05) is 0 Å². The number of hydrogen-bond acceptors (Lipinski definition) is 4. The molecule has 0 spiro atoms.